The van der Waals surface area contributed by atoms with Gasteiger partial charge in [0.05, 0.1) is 12.1 Å². The van der Waals surface area contributed by atoms with Gasteiger partial charge in [0, 0.05) is 12.6 Å². The van der Waals surface area contributed by atoms with Gasteiger partial charge in [0.1, 0.15) is 5.75 Å². The number of nitrogens with zero attached hydrogens (tertiary/aromatic N) is 1. The first-order valence-corrected chi connectivity index (χ1v) is 8.61. The maximum Gasteiger partial charge on any atom is 0.321 e. The molecule has 0 saturated carbocycles. The Kier molecular flexibility index (Phi) is 6.75. The second-order valence-corrected chi connectivity index (χ2v) is 6.30. The quantitative estimate of drug-likeness (QED) is 0.714. The van der Waals surface area contributed by atoms with Gasteiger partial charge in [-0.25, -0.2) is 4.79 Å². The normalized spacial score (nSPS) is 14.1. The molecule has 1 aromatic rings. The predicted molar refractivity (Wildman–Crippen MR) is 96.3 cm³/mol. The van der Waals surface area contributed by atoms with Gasteiger partial charge in [0.2, 0.25) is 0 Å². The molecule has 146 valence electrons. The van der Waals surface area contributed by atoms with Crippen molar-refractivity contribution in [2.24, 2.45) is 0 Å². The zero-order valence-electron chi connectivity index (χ0n) is 15.5. The van der Waals surface area contributed by atoms with Crippen molar-refractivity contribution in [2.45, 2.75) is 39.3 Å². The van der Waals surface area contributed by atoms with Crippen molar-refractivity contribution < 1.29 is 28.7 Å². The first-order chi connectivity index (χ1) is 12.8. The minimum absolute atomic E-state index is 0.0974. The maximum atomic E-state index is 12.0. The Balaban J connectivity index is 1.84. The monoisotopic (exact) mass is 377 g/mol. The third kappa shape index (κ3) is 5.70. The predicted octanol–water partition coefficient (Wildman–Crippen LogP) is 0.968. The molecule has 0 unspecified atom stereocenters. The number of hydrogen-bond acceptors (Lipinski definition) is 6. The number of imide groups is 1. The zero-order valence-corrected chi connectivity index (χ0v) is 15.5. The number of fused-ring (bicyclic) bond motifs is 1. The van der Waals surface area contributed by atoms with Crippen molar-refractivity contribution in [1.82, 2.24) is 10.6 Å². The molecule has 0 bridgehead atoms. The standard InChI is InChI=1S/C18H23N3O6/c1-11(2)19-18(25)20-17(24)12(3)27-16(23)8-9-21-13-6-4-5-7-14(13)26-10-15(21)22/h4-7,11-12H,8-10H2,1-3H3,(H2,19,20,24,25)/t12-/m1/s1. The number of carbonyl (C=O) groups is 4. The van der Waals surface area contributed by atoms with E-state index in [1.54, 1.807) is 38.1 Å². The van der Waals surface area contributed by atoms with Crippen LogP contribution >= 0.6 is 0 Å². The number of urea groups is 1. The van der Waals surface area contributed by atoms with Crippen LogP contribution in [0.5, 0.6) is 5.75 Å². The fourth-order valence-electron chi connectivity index (χ4n) is 2.42. The van der Waals surface area contributed by atoms with Crippen molar-refractivity contribution in [3.8, 4) is 5.75 Å². The molecule has 2 rings (SSSR count). The molecule has 9 nitrogen and oxygen atoms in total. The molecule has 4 amide bonds. The van der Waals surface area contributed by atoms with E-state index >= 15 is 0 Å². The highest BCUT2D eigenvalue weighted by Crippen LogP contribution is 2.31. The highest BCUT2D eigenvalue weighted by Gasteiger charge is 2.26. The van der Waals surface area contributed by atoms with Crippen LogP contribution in [0.3, 0.4) is 0 Å². The van der Waals surface area contributed by atoms with Gasteiger partial charge < -0.3 is 19.7 Å². The molecule has 9 heteroatoms. The maximum absolute atomic E-state index is 12.0. The lowest BCUT2D eigenvalue weighted by Gasteiger charge is -2.29. The van der Waals surface area contributed by atoms with E-state index in [2.05, 4.69) is 10.6 Å². The van der Waals surface area contributed by atoms with E-state index in [9.17, 15) is 19.2 Å². The van der Waals surface area contributed by atoms with Crippen LogP contribution in [-0.2, 0) is 19.1 Å². The molecule has 0 fully saturated rings. The summed E-state index contributed by atoms with van der Waals surface area (Å²) in [5.74, 6) is -1.08. The molecule has 0 spiro atoms. The number of benzene rings is 1. The summed E-state index contributed by atoms with van der Waals surface area (Å²) in [5, 5.41) is 4.59. The Morgan fingerprint density at radius 2 is 1.93 bits per heavy atom. The topological polar surface area (TPSA) is 114 Å². The molecule has 1 atom stereocenters. The van der Waals surface area contributed by atoms with Crippen molar-refractivity contribution in [3.05, 3.63) is 24.3 Å². The van der Waals surface area contributed by atoms with Crippen molar-refractivity contribution in [2.75, 3.05) is 18.1 Å². The van der Waals surface area contributed by atoms with Crippen LogP contribution in [0.2, 0.25) is 0 Å². The minimum Gasteiger partial charge on any atom is -0.482 e. The molecule has 2 N–H and O–H groups in total. The van der Waals surface area contributed by atoms with Gasteiger partial charge in [-0.3, -0.25) is 19.7 Å². The lowest BCUT2D eigenvalue weighted by atomic mass is 10.2. The summed E-state index contributed by atoms with van der Waals surface area (Å²) in [6.07, 6.45) is -1.24. The lowest BCUT2D eigenvalue weighted by Crippen LogP contribution is -2.46. The minimum atomic E-state index is -1.14. The Hall–Kier alpha value is -3.10. The fraction of sp³-hybridized carbons (Fsp3) is 0.444. The summed E-state index contributed by atoms with van der Waals surface area (Å²) in [5.41, 5.74) is 0.581. The Morgan fingerprint density at radius 1 is 1.22 bits per heavy atom. The van der Waals surface area contributed by atoms with Gasteiger partial charge >= 0.3 is 12.0 Å². The first-order valence-electron chi connectivity index (χ1n) is 8.61. The van der Waals surface area contributed by atoms with E-state index in [0.29, 0.717) is 11.4 Å². The summed E-state index contributed by atoms with van der Waals surface area (Å²) in [6.45, 7) is 4.86. The number of anilines is 1. The van der Waals surface area contributed by atoms with Crippen LogP contribution in [0.15, 0.2) is 24.3 Å². The Morgan fingerprint density at radius 3 is 2.63 bits per heavy atom. The Labute approximate surface area is 157 Å². The second kappa shape index (κ2) is 9.02. The van der Waals surface area contributed by atoms with E-state index in [0.717, 1.165) is 0 Å². The van der Waals surface area contributed by atoms with Gasteiger partial charge in [-0.2, -0.15) is 0 Å². The molecule has 1 aliphatic rings. The lowest BCUT2D eigenvalue weighted by molar-refractivity contribution is -0.154. The largest absolute Gasteiger partial charge is 0.482 e. The summed E-state index contributed by atoms with van der Waals surface area (Å²) in [6, 6.07) is 6.22. The second-order valence-electron chi connectivity index (χ2n) is 6.30. The van der Waals surface area contributed by atoms with Crippen molar-refractivity contribution >= 4 is 29.5 Å². The molecule has 0 aromatic heterocycles. The van der Waals surface area contributed by atoms with Crippen LogP contribution in [0.4, 0.5) is 10.5 Å². The van der Waals surface area contributed by atoms with E-state index in [1.165, 1.54) is 11.8 Å². The third-order valence-electron chi connectivity index (χ3n) is 3.68. The number of nitrogens with one attached hydrogen (secondary N) is 2. The molecule has 27 heavy (non-hydrogen) atoms. The highest BCUT2D eigenvalue weighted by atomic mass is 16.5. The van der Waals surface area contributed by atoms with Crippen molar-refractivity contribution in [1.29, 1.82) is 0 Å². The SMILES string of the molecule is CC(C)NC(=O)NC(=O)[C@@H](C)OC(=O)CCN1C(=O)COc2ccccc21. The number of para-hydroxylation sites is 2. The molecule has 0 saturated heterocycles. The summed E-state index contributed by atoms with van der Waals surface area (Å²) < 4.78 is 10.4. The molecule has 1 heterocycles. The zero-order chi connectivity index (χ0) is 20.0. The Bertz CT molecular complexity index is 734. The van der Waals surface area contributed by atoms with E-state index in [1.807, 2.05) is 0 Å². The first kappa shape index (κ1) is 20.2. The average molecular weight is 377 g/mol. The van der Waals surface area contributed by atoms with Gasteiger partial charge in [0.25, 0.3) is 11.8 Å². The van der Waals surface area contributed by atoms with Gasteiger partial charge in [0.15, 0.2) is 12.7 Å². The van der Waals surface area contributed by atoms with Crippen LogP contribution < -0.4 is 20.3 Å². The van der Waals surface area contributed by atoms with Crippen molar-refractivity contribution in [3.63, 3.8) is 0 Å². The number of rotatable bonds is 6. The summed E-state index contributed by atoms with van der Waals surface area (Å²) >= 11 is 0. The smallest absolute Gasteiger partial charge is 0.321 e. The number of ether oxygens (including phenoxy) is 2. The molecular formula is C18H23N3O6. The number of amides is 4. The van der Waals surface area contributed by atoms with Crippen LogP contribution in [0.25, 0.3) is 0 Å². The third-order valence-corrected chi connectivity index (χ3v) is 3.68. The number of esters is 1. The summed E-state index contributed by atoms with van der Waals surface area (Å²) in [7, 11) is 0. The fourth-order valence-corrected chi connectivity index (χ4v) is 2.42. The van der Waals surface area contributed by atoms with Crippen LogP contribution in [0.1, 0.15) is 27.2 Å². The van der Waals surface area contributed by atoms with Gasteiger partial charge in [-0.05, 0) is 32.9 Å². The molecule has 0 aliphatic carbocycles. The average Bonchev–Trinajstić information content (AvgIpc) is 2.60. The van der Waals surface area contributed by atoms with Gasteiger partial charge in [-0.1, -0.05) is 12.1 Å². The van der Waals surface area contributed by atoms with Crippen LogP contribution in [0, 0.1) is 0 Å². The molecular weight excluding hydrogens is 354 g/mol. The molecule has 0 radical (unpaired) electrons. The number of carbonyl (C=O) groups excluding carboxylic acids is 4. The highest BCUT2D eigenvalue weighted by molar-refractivity contribution is 5.99. The van der Waals surface area contributed by atoms with E-state index in [4.69, 9.17) is 9.47 Å². The molecule has 1 aliphatic heterocycles. The van der Waals surface area contributed by atoms with Crippen LogP contribution in [-0.4, -0.2) is 49.1 Å². The van der Waals surface area contributed by atoms with E-state index < -0.39 is 24.0 Å². The van der Waals surface area contributed by atoms with Gasteiger partial charge in [-0.15, -0.1) is 0 Å². The van der Waals surface area contributed by atoms with E-state index in [-0.39, 0.29) is 31.5 Å². The summed E-state index contributed by atoms with van der Waals surface area (Å²) in [4.78, 5) is 48.9. The molecule has 1 aromatic carbocycles. The number of hydrogen-bond donors (Lipinski definition) is 2.